The third kappa shape index (κ3) is 2.89. The van der Waals surface area contributed by atoms with Crippen molar-refractivity contribution >= 4 is 11.0 Å². The van der Waals surface area contributed by atoms with Gasteiger partial charge in [0.2, 0.25) is 0 Å². The van der Waals surface area contributed by atoms with Crippen molar-refractivity contribution in [1.29, 1.82) is 0 Å². The van der Waals surface area contributed by atoms with E-state index in [4.69, 9.17) is 5.10 Å². The molecule has 6 nitrogen and oxygen atoms in total. The lowest BCUT2D eigenvalue weighted by Gasteiger charge is -2.23. The summed E-state index contributed by atoms with van der Waals surface area (Å²) >= 11 is 0. The Hall–Kier alpha value is -1.66. The topological polar surface area (TPSA) is 63.9 Å². The van der Waals surface area contributed by atoms with E-state index in [2.05, 4.69) is 15.3 Å². The first-order valence-corrected chi connectivity index (χ1v) is 10.4. The van der Waals surface area contributed by atoms with Crippen LogP contribution in [0, 0.1) is 0 Å². The number of nitrogens with one attached hydrogen (secondary N) is 2. The minimum atomic E-state index is 0.122. The van der Waals surface area contributed by atoms with Crippen molar-refractivity contribution in [2.45, 2.75) is 76.5 Å². The number of aromatic nitrogens is 3. The molecule has 1 unspecified atom stereocenters. The molecule has 1 aliphatic heterocycles. The second-order valence-electron chi connectivity index (χ2n) is 8.14. The summed E-state index contributed by atoms with van der Waals surface area (Å²) in [4.78, 5) is 13.4. The maximum Gasteiger partial charge on any atom is 0.256 e. The predicted molar refractivity (Wildman–Crippen MR) is 103 cm³/mol. The quantitative estimate of drug-likeness (QED) is 0.779. The lowest BCUT2D eigenvalue weighted by Crippen LogP contribution is -2.35. The van der Waals surface area contributed by atoms with E-state index in [0.717, 1.165) is 75.4 Å². The van der Waals surface area contributed by atoms with Crippen molar-refractivity contribution in [2.24, 2.45) is 0 Å². The average Bonchev–Trinajstić information content (AvgIpc) is 3.16. The van der Waals surface area contributed by atoms with Crippen LogP contribution < -0.4 is 16.2 Å². The van der Waals surface area contributed by atoms with Crippen molar-refractivity contribution in [3.05, 3.63) is 27.7 Å². The molecule has 0 amide bonds. The van der Waals surface area contributed by atoms with E-state index >= 15 is 0 Å². The maximum atomic E-state index is 13.4. The molecule has 2 N–H and O–H groups in total. The minimum absolute atomic E-state index is 0.122. The third-order valence-electron chi connectivity index (χ3n) is 6.21. The fourth-order valence-corrected chi connectivity index (χ4v) is 4.69. The van der Waals surface area contributed by atoms with Gasteiger partial charge in [-0.3, -0.25) is 14.7 Å². The number of aryl methyl sites for hydroxylation is 2. The molecule has 2 aliphatic carbocycles. The van der Waals surface area contributed by atoms with Crippen LogP contribution in [-0.4, -0.2) is 33.5 Å². The van der Waals surface area contributed by atoms with E-state index in [0.29, 0.717) is 0 Å². The van der Waals surface area contributed by atoms with Gasteiger partial charge in [-0.15, -0.1) is 0 Å². The molecule has 0 aromatic carbocycles. The Morgan fingerprint density at radius 3 is 2.77 bits per heavy atom. The summed E-state index contributed by atoms with van der Waals surface area (Å²) in [7, 11) is 0. The Morgan fingerprint density at radius 2 is 2.00 bits per heavy atom. The number of rotatable bonds is 6. The summed E-state index contributed by atoms with van der Waals surface area (Å²) < 4.78 is 4.12. The van der Waals surface area contributed by atoms with Gasteiger partial charge in [-0.1, -0.05) is 0 Å². The first-order valence-electron chi connectivity index (χ1n) is 10.4. The SMILES string of the molecule is O=c1c2c(c3cnn(CCCNC4CC4)c3n1C1CCCN1)CCCC2. The molecule has 2 aromatic rings. The molecule has 1 saturated heterocycles. The first-order chi connectivity index (χ1) is 12.8. The zero-order valence-electron chi connectivity index (χ0n) is 15.5. The molecule has 1 saturated carbocycles. The molecule has 2 aromatic heterocycles. The fourth-order valence-electron chi connectivity index (χ4n) is 4.69. The third-order valence-corrected chi connectivity index (χ3v) is 6.21. The fraction of sp³-hybridized carbons (Fsp3) is 0.700. The highest BCUT2D eigenvalue weighted by Gasteiger charge is 2.27. The molecule has 0 radical (unpaired) electrons. The van der Waals surface area contributed by atoms with Crippen LogP contribution in [0.4, 0.5) is 0 Å². The van der Waals surface area contributed by atoms with Gasteiger partial charge in [0.25, 0.3) is 5.56 Å². The van der Waals surface area contributed by atoms with E-state index in [1.54, 1.807) is 0 Å². The Bertz CT molecular complexity index is 857. The highest BCUT2D eigenvalue weighted by molar-refractivity contribution is 5.81. The van der Waals surface area contributed by atoms with Crippen LogP contribution in [0.15, 0.2) is 11.0 Å². The molecule has 140 valence electrons. The summed E-state index contributed by atoms with van der Waals surface area (Å²) in [6.45, 7) is 2.90. The van der Waals surface area contributed by atoms with Gasteiger partial charge in [0.15, 0.2) is 0 Å². The molecular formula is C20H29N5O. The molecular weight excluding hydrogens is 326 g/mol. The molecule has 0 bridgehead atoms. The normalized spacial score (nSPS) is 22.8. The van der Waals surface area contributed by atoms with Gasteiger partial charge >= 0.3 is 0 Å². The summed E-state index contributed by atoms with van der Waals surface area (Å²) in [5, 5.41) is 13.0. The molecule has 1 atom stereocenters. The van der Waals surface area contributed by atoms with Crippen molar-refractivity contribution in [1.82, 2.24) is 25.0 Å². The Morgan fingerprint density at radius 1 is 1.15 bits per heavy atom. The van der Waals surface area contributed by atoms with Crippen LogP contribution in [0.3, 0.4) is 0 Å². The second-order valence-corrected chi connectivity index (χ2v) is 8.14. The van der Waals surface area contributed by atoms with Crippen molar-refractivity contribution in [3.63, 3.8) is 0 Å². The molecule has 5 rings (SSSR count). The van der Waals surface area contributed by atoms with Gasteiger partial charge in [0.1, 0.15) is 5.65 Å². The largest absolute Gasteiger partial charge is 0.314 e. The van der Waals surface area contributed by atoms with Gasteiger partial charge < -0.3 is 5.32 Å². The molecule has 0 spiro atoms. The zero-order valence-corrected chi connectivity index (χ0v) is 15.5. The number of nitrogens with zero attached hydrogens (tertiary/aromatic N) is 3. The molecule has 2 fully saturated rings. The average molecular weight is 355 g/mol. The molecule has 3 heterocycles. The Kier molecular flexibility index (Phi) is 4.33. The van der Waals surface area contributed by atoms with Crippen LogP contribution in [0.1, 0.15) is 62.2 Å². The maximum absolute atomic E-state index is 13.4. The summed E-state index contributed by atoms with van der Waals surface area (Å²) in [5.41, 5.74) is 3.59. The number of hydrogen-bond donors (Lipinski definition) is 2. The van der Waals surface area contributed by atoms with Crippen molar-refractivity contribution in [2.75, 3.05) is 13.1 Å². The van der Waals surface area contributed by atoms with Crippen LogP contribution in [0.25, 0.3) is 11.0 Å². The molecule has 3 aliphatic rings. The van der Waals surface area contributed by atoms with Crippen LogP contribution >= 0.6 is 0 Å². The van der Waals surface area contributed by atoms with E-state index in [9.17, 15) is 4.79 Å². The van der Waals surface area contributed by atoms with Gasteiger partial charge in [-0.05, 0) is 76.4 Å². The van der Waals surface area contributed by atoms with Crippen LogP contribution in [0.5, 0.6) is 0 Å². The first kappa shape index (κ1) is 16.5. The lowest BCUT2D eigenvalue weighted by molar-refractivity contribution is 0.449. The summed E-state index contributed by atoms with van der Waals surface area (Å²) in [6, 6.07) is 0.747. The van der Waals surface area contributed by atoms with Crippen molar-refractivity contribution in [3.8, 4) is 0 Å². The summed E-state index contributed by atoms with van der Waals surface area (Å²) in [5.74, 6) is 0. The summed E-state index contributed by atoms with van der Waals surface area (Å²) in [6.07, 6.45) is 12.3. The molecule has 26 heavy (non-hydrogen) atoms. The smallest absolute Gasteiger partial charge is 0.256 e. The Labute approximate surface area is 154 Å². The molecule has 6 heteroatoms. The van der Waals surface area contributed by atoms with E-state index in [-0.39, 0.29) is 11.7 Å². The number of pyridine rings is 1. The highest BCUT2D eigenvalue weighted by atomic mass is 16.1. The van der Waals surface area contributed by atoms with E-state index < -0.39 is 0 Å². The minimum Gasteiger partial charge on any atom is -0.314 e. The zero-order chi connectivity index (χ0) is 17.5. The van der Waals surface area contributed by atoms with Gasteiger partial charge in [-0.25, -0.2) is 4.68 Å². The van der Waals surface area contributed by atoms with Crippen LogP contribution in [-0.2, 0) is 19.4 Å². The van der Waals surface area contributed by atoms with E-state index in [1.165, 1.54) is 30.2 Å². The van der Waals surface area contributed by atoms with Gasteiger partial charge in [0, 0.05) is 23.5 Å². The van der Waals surface area contributed by atoms with E-state index in [1.807, 2.05) is 10.8 Å². The second kappa shape index (κ2) is 6.82. The Balaban J connectivity index is 1.55. The van der Waals surface area contributed by atoms with Crippen molar-refractivity contribution < 1.29 is 0 Å². The van der Waals surface area contributed by atoms with Gasteiger partial charge in [0.05, 0.1) is 12.4 Å². The van der Waals surface area contributed by atoms with Crippen LogP contribution in [0.2, 0.25) is 0 Å². The number of fused-ring (bicyclic) bond motifs is 3. The highest BCUT2D eigenvalue weighted by Crippen LogP contribution is 2.29. The lowest BCUT2D eigenvalue weighted by atomic mass is 9.91. The number of hydrogen-bond acceptors (Lipinski definition) is 4. The predicted octanol–water partition coefficient (Wildman–Crippen LogP) is 2.10. The standard InChI is InChI=1S/C20H29N5O/c26-20-16-6-2-1-5-15(16)17-13-23-24(12-4-11-21-14-8-9-14)19(17)25(20)18-7-3-10-22-18/h13-14,18,21-22H,1-12H2. The van der Waals surface area contributed by atoms with Gasteiger partial charge in [-0.2, -0.15) is 5.10 Å². The monoisotopic (exact) mass is 355 g/mol.